The first kappa shape index (κ1) is 13.8. The molecule has 7 nitrogen and oxygen atoms in total. The van der Waals surface area contributed by atoms with Crippen molar-refractivity contribution >= 4 is 23.5 Å². The number of aromatic amines is 1. The minimum atomic E-state index is -0.491. The van der Waals surface area contributed by atoms with E-state index in [9.17, 15) is 4.79 Å². The Bertz CT molecular complexity index is 767. The fourth-order valence-corrected chi connectivity index (χ4v) is 1.73. The number of nitrogens with one attached hydrogen (secondary N) is 2. The van der Waals surface area contributed by atoms with Gasteiger partial charge < -0.3 is 4.57 Å². The molecule has 0 aliphatic carbocycles. The molecule has 0 saturated heterocycles. The zero-order valence-corrected chi connectivity index (χ0v) is 11.6. The van der Waals surface area contributed by atoms with Gasteiger partial charge >= 0.3 is 0 Å². The van der Waals surface area contributed by atoms with Gasteiger partial charge in [-0.3, -0.25) is 10.2 Å². The maximum Gasteiger partial charge on any atom is 0.285 e. The molecule has 2 aromatic rings. The predicted octanol–water partition coefficient (Wildman–Crippen LogP) is 1.39. The molecule has 0 amide bonds. The van der Waals surface area contributed by atoms with Gasteiger partial charge in [-0.15, -0.1) is 0 Å². The van der Waals surface area contributed by atoms with Crippen LogP contribution in [0.2, 0.25) is 5.02 Å². The molecule has 20 heavy (non-hydrogen) atoms. The lowest BCUT2D eigenvalue weighted by Crippen LogP contribution is -2.10. The molecule has 0 saturated carbocycles. The molecule has 2 rings (SSSR count). The minimum absolute atomic E-state index is 0.0142. The Balaban J connectivity index is 2.21. The predicted molar refractivity (Wildman–Crippen MR) is 75.9 cm³/mol. The van der Waals surface area contributed by atoms with Gasteiger partial charge in [0.05, 0.1) is 12.4 Å². The maximum absolute atomic E-state index is 11.2. The van der Waals surface area contributed by atoms with Crippen molar-refractivity contribution in [3.63, 3.8) is 0 Å². The maximum atomic E-state index is 11.2. The first-order chi connectivity index (χ1) is 9.54. The van der Waals surface area contributed by atoms with Crippen LogP contribution in [0.25, 0.3) is 0 Å². The van der Waals surface area contributed by atoms with E-state index >= 15 is 0 Å². The summed E-state index contributed by atoms with van der Waals surface area (Å²) >= 11 is 5.79. The van der Waals surface area contributed by atoms with E-state index in [4.69, 9.17) is 16.9 Å². The molecule has 0 radical (unpaired) electrons. The van der Waals surface area contributed by atoms with E-state index in [0.29, 0.717) is 11.4 Å². The average molecular weight is 291 g/mol. The Morgan fingerprint density at radius 1 is 1.65 bits per heavy atom. The second-order valence-electron chi connectivity index (χ2n) is 4.04. The van der Waals surface area contributed by atoms with Crippen molar-refractivity contribution in [1.29, 1.82) is 5.26 Å². The van der Waals surface area contributed by atoms with Crippen LogP contribution in [0.3, 0.4) is 0 Å². The second kappa shape index (κ2) is 5.59. The van der Waals surface area contributed by atoms with E-state index in [2.05, 4.69) is 26.8 Å². The molecule has 2 heterocycles. The summed E-state index contributed by atoms with van der Waals surface area (Å²) in [6.07, 6.45) is 2.91. The minimum Gasteiger partial charge on any atom is -0.339 e. The number of aromatic nitrogens is 3. The molecule has 0 spiro atoms. The first-order valence-electron chi connectivity index (χ1n) is 5.63. The van der Waals surface area contributed by atoms with Crippen molar-refractivity contribution < 1.29 is 0 Å². The molecule has 0 bridgehead atoms. The van der Waals surface area contributed by atoms with Crippen LogP contribution in [-0.2, 0) is 7.05 Å². The zero-order valence-electron chi connectivity index (χ0n) is 10.8. The Hall–Kier alpha value is -2.59. The molecule has 0 aliphatic rings. The van der Waals surface area contributed by atoms with E-state index in [1.165, 1.54) is 6.20 Å². The van der Waals surface area contributed by atoms with Crippen LogP contribution in [0.5, 0.6) is 0 Å². The number of hydrogen-bond donors (Lipinski definition) is 2. The number of hydrogen-bond acceptors (Lipinski definition) is 5. The molecule has 0 fully saturated rings. The van der Waals surface area contributed by atoms with Gasteiger partial charge in [0.1, 0.15) is 22.5 Å². The number of hydrazone groups is 1. The van der Waals surface area contributed by atoms with Crippen molar-refractivity contribution in [1.82, 2.24) is 14.8 Å². The molecule has 102 valence electrons. The second-order valence-corrected chi connectivity index (χ2v) is 4.42. The van der Waals surface area contributed by atoms with Crippen LogP contribution in [0.4, 0.5) is 5.69 Å². The van der Waals surface area contributed by atoms with Gasteiger partial charge in [-0.05, 0) is 13.0 Å². The highest BCUT2D eigenvalue weighted by Crippen LogP contribution is 2.15. The van der Waals surface area contributed by atoms with Crippen LogP contribution in [0.15, 0.2) is 22.2 Å². The Kier molecular flexibility index (Phi) is 3.86. The fraction of sp³-hybridized carbons (Fsp3) is 0.167. The lowest BCUT2D eigenvalue weighted by atomic mass is 10.3. The third-order valence-electron chi connectivity index (χ3n) is 2.87. The number of halogens is 1. The third kappa shape index (κ3) is 2.55. The van der Waals surface area contributed by atoms with Crippen LogP contribution >= 0.6 is 11.6 Å². The van der Waals surface area contributed by atoms with Gasteiger partial charge in [-0.2, -0.15) is 15.5 Å². The Morgan fingerprint density at radius 3 is 3.05 bits per heavy atom. The molecule has 0 aliphatic heterocycles. The topological polar surface area (TPSA) is 98.9 Å². The van der Waals surface area contributed by atoms with Crippen LogP contribution in [0.1, 0.15) is 17.0 Å². The molecule has 0 unspecified atom stereocenters. The van der Waals surface area contributed by atoms with Crippen molar-refractivity contribution in [3.05, 3.63) is 44.6 Å². The van der Waals surface area contributed by atoms with E-state index in [1.54, 1.807) is 23.9 Å². The van der Waals surface area contributed by atoms with Crippen molar-refractivity contribution in [2.75, 3.05) is 5.43 Å². The fourth-order valence-electron chi connectivity index (χ4n) is 1.59. The number of anilines is 1. The quantitative estimate of drug-likeness (QED) is 0.659. The van der Waals surface area contributed by atoms with Gasteiger partial charge in [-0.25, -0.2) is 5.10 Å². The van der Waals surface area contributed by atoms with Gasteiger partial charge in [0, 0.05) is 18.3 Å². The molecular formula is C12H11ClN6O. The normalized spacial score (nSPS) is 10.7. The summed E-state index contributed by atoms with van der Waals surface area (Å²) in [5, 5.41) is 18.7. The van der Waals surface area contributed by atoms with Gasteiger partial charge in [0.2, 0.25) is 0 Å². The Morgan fingerprint density at radius 2 is 2.40 bits per heavy atom. The summed E-state index contributed by atoms with van der Waals surface area (Å²) in [7, 11) is 1.80. The summed E-state index contributed by atoms with van der Waals surface area (Å²) < 4.78 is 1.77. The number of rotatable bonds is 3. The van der Waals surface area contributed by atoms with E-state index in [-0.39, 0.29) is 5.02 Å². The highest BCUT2D eigenvalue weighted by atomic mass is 35.5. The Labute approximate surface area is 119 Å². The number of nitrogens with zero attached hydrogens (tertiary/aromatic N) is 4. The van der Waals surface area contributed by atoms with Gasteiger partial charge in [0.15, 0.2) is 0 Å². The zero-order chi connectivity index (χ0) is 14.7. The SMILES string of the molecule is Cc1c(/C=N\Nc2cn[nH]c(=O)c2Cl)cc(C#N)n1C. The van der Waals surface area contributed by atoms with Crippen molar-refractivity contribution in [3.8, 4) is 6.07 Å². The standard InChI is InChI=1S/C12H11ClN6O/c1-7-8(3-9(4-14)19(7)2)5-15-17-10-6-16-18-12(20)11(10)13/h3,5-6H,1-2H3,(H2,17,18,20)/b15-5-. The third-order valence-corrected chi connectivity index (χ3v) is 3.25. The molecule has 2 N–H and O–H groups in total. The lowest BCUT2D eigenvalue weighted by molar-refractivity contribution is 0.865. The molecule has 0 atom stereocenters. The number of nitriles is 1. The summed E-state index contributed by atoms with van der Waals surface area (Å²) in [4.78, 5) is 11.2. The highest BCUT2D eigenvalue weighted by Gasteiger charge is 2.07. The average Bonchev–Trinajstić information content (AvgIpc) is 2.71. The first-order valence-corrected chi connectivity index (χ1v) is 6.01. The molecular weight excluding hydrogens is 280 g/mol. The molecule has 2 aromatic heterocycles. The van der Waals surface area contributed by atoms with Crippen LogP contribution in [0, 0.1) is 18.3 Å². The van der Waals surface area contributed by atoms with Crippen LogP contribution in [-0.4, -0.2) is 21.0 Å². The van der Waals surface area contributed by atoms with Crippen molar-refractivity contribution in [2.24, 2.45) is 12.1 Å². The summed E-state index contributed by atoms with van der Waals surface area (Å²) in [5.74, 6) is 0. The van der Waals surface area contributed by atoms with E-state index in [0.717, 1.165) is 11.3 Å². The molecule has 0 aromatic carbocycles. The van der Waals surface area contributed by atoms with Crippen molar-refractivity contribution in [2.45, 2.75) is 6.92 Å². The van der Waals surface area contributed by atoms with Gasteiger partial charge in [0.25, 0.3) is 5.56 Å². The van der Waals surface area contributed by atoms with E-state index in [1.807, 2.05) is 6.92 Å². The van der Waals surface area contributed by atoms with Crippen LogP contribution < -0.4 is 11.0 Å². The largest absolute Gasteiger partial charge is 0.339 e. The van der Waals surface area contributed by atoms with E-state index < -0.39 is 5.56 Å². The summed E-state index contributed by atoms with van der Waals surface area (Å²) in [6, 6.07) is 3.81. The lowest BCUT2D eigenvalue weighted by Gasteiger charge is -2.00. The summed E-state index contributed by atoms with van der Waals surface area (Å²) in [6.45, 7) is 1.88. The molecule has 8 heteroatoms. The smallest absolute Gasteiger partial charge is 0.285 e. The highest BCUT2D eigenvalue weighted by molar-refractivity contribution is 6.32. The monoisotopic (exact) mass is 290 g/mol. The number of H-pyrrole nitrogens is 1. The van der Waals surface area contributed by atoms with Gasteiger partial charge in [-0.1, -0.05) is 11.6 Å². The summed E-state index contributed by atoms with van der Waals surface area (Å²) in [5.41, 5.74) is 4.70.